The van der Waals surface area contributed by atoms with Crippen molar-refractivity contribution in [2.24, 2.45) is 5.73 Å². The van der Waals surface area contributed by atoms with Gasteiger partial charge in [0.1, 0.15) is 0 Å². The highest BCUT2D eigenvalue weighted by Crippen LogP contribution is 1.45. The summed E-state index contributed by atoms with van der Waals surface area (Å²) in [4.78, 5) is 0. The van der Waals surface area contributed by atoms with Crippen molar-refractivity contribution in [1.82, 2.24) is 0 Å². The summed E-state index contributed by atoms with van der Waals surface area (Å²) in [6.07, 6.45) is 0. The van der Waals surface area contributed by atoms with Gasteiger partial charge in [0.15, 0.2) is 0 Å². The molecule has 2 N–H and O–H groups in total. The van der Waals surface area contributed by atoms with E-state index in [1.807, 2.05) is 0 Å². The van der Waals surface area contributed by atoms with E-state index < -0.39 is 0 Å². The average molecular weight is 126 g/mol. The van der Waals surface area contributed by atoms with Crippen LogP contribution >= 0.6 is 22.1 Å². The molecule has 0 saturated carbocycles. The topological polar surface area (TPSA) is 26.0 Å². The monoisotopic (exact) mass is 126 g/mol. The van der Waals surface area contributed by atoms with Crippen LogP contribution in [-0.2, 0) is 12.6 Å². The molecule has 1 unspecified atom stereocenters. The Kier molecular flexibility index (Phi) is 8.27. The Morgan fingerprint density at radius 2 is 1.80 bits per heavy atom. The van der Waals surface area contributed by atoms with Gasteiger partial charge in [-0.1, -0.05) is 4.32 Å². The molecule has 0 bridgehead atoms. The molecule has 4 heteroatoms. The van der Waals surface area contributed by atoms with Crippen molar-refractivity contribution < 1.29 is 0 Å². The maximum atomic E-state index is 4.66. The molecule has 1 atom stereocenters. The minimum Gasteiger partial charge on any atom is -0.415 e. The van der Waals surface area contributed by atoms with Gasteiger partial charge >= 0.3 is 0 Å². The van der Waals surface area contributed by atoms with E-state index in [2.05, 4.69) is 30.6 Å². The number of rotatable bonds is 0. The van der Waals surface area contributed by atoms with E-state index in [9.17, 15) is 0 Å². The van der Waals surface area contributed by atoms with Gasteiger partial charge in [-0.3, -0.25) is 0 Å². The Morgan fingerprint density at radius 1 is 1.80 bits per heavy atom. The summed E-state index contributed by atoms with van der Waals surface area (Å²) in [7, 11) is 0. The second-order valence-corrected chi connectivity index (χ2v) is 1.46. The first-order chi connectivity index (χ1) is 1.73. The molecule has 0 aliphatic heterocycles. The fourth-order valence-corrected chi connectivity index (χ4v) is 0. The van der Waals surface area contributed by atoms with Crippen LogP contribution in [0.3, 0.4) is 0 Å². The highest BCUT2D eigenvalue weighted by atomic mass is 32.1. The molecule has 0 amide bonds. The average Bonchev–Trinajstić information content (AvgIpc) is 0.811. The molecule has 0 spiro atoms. The molecular formula is CH5NPS2-. The van der Waals surface area contributed by atoms with Crippen molar-refractivity contribution in [3.63, 3.8) is 0 Å². The van der Waals surface area contributed by atoms with Crippen LogP contribution in [0.2, 0.25) is 0 Å². The van der Waals surface area contributed by atoms with E-state index >= 15 is 0 Å². The van der Waals surface area contributed by atoms with Crippen molar-refractivity contribution in [2.75, 3.05) is 0 Å². The number of thiocarbonyl (C=S) groups is 1. The van der Waals surface area contributed by atoms with Crippen LogP contribution in [0.1, 0.15) is 0 Å². The molecule has 0 rings (SSSR count). The Morgan fingerprint density at radius 3 is 1.80 bits per heavy atom. The molecule has 5 heavy (non-hydrogen) atoms. The third-order valence-electron chi connectivity index (χ3n) is 0. The fraction of sp³-hybridized carbons (Fsp3) is 0. The van der Waals surface area contributed by atoms with Crippen molar-refractivity contribution in [1.29, 1.82) is 0 Å². The number of nitrogens with two attached hydrogens (primary N) is 1. The van der Waals surface area contributed by atoms with Gasteiger partial charge in [0.25, 0.3) is 0 Å². The molecule has 0 heterocycles. The first-order valence-corrected chi connectivity index (χ1v) is 1.51. The van der Waals surface area contributed by atoms with Gasteiger partial charge < -0.3 is 30.6 Å². The van der Waals surface area contributed by atoms with Crippen molar-refractivity contribution >= 4 is 39.1 Å². The molecule has 0 fully saturated rings. The lowest BCUT2D eigenvalue weighted by Gasteiger charge is -1.83. The second kappa shape index (κ2) is 4.54. The molecule has 0 aromatic carbocycles. The summed E-state index contributed by atoms with van der Waals surface area (Å²) in [5.41, 5.74) is 4.66. The van der Waals surface area contributed by atoms with Crippen molar-refractivity contribution in [2.45, 2.75) is 0 Å². The lowest BCUT2D eigenvalue weighted by atomic mass is 11.5. The molecule has 0 aliphatic carbocycles. The van der Waals surface area contributed by atoms with Crippen LogP contribution in [0, 0.1) is 0 Å². The highest BCUT2D eigenvalue weighted by molar-refractivity contribution is 8.00. The molecule has 0 radical (unpaired) electrons. The minimum atomic E-state index is 0. The van der Waals surface area contributed by atoms with E-state index in [-0.39, 0.29) is 14.2 Å². The van der Waals surface area contributed by atoms with E-state index in [0.717, 1.165) is 0 Å². The van der Waals surface area contributed by atoms with Gasteiger partial charge in [0.2, 0.25) is 0 Å². The van der Waals surface area contributed by atoms with Gasteiger partial charge in [0, 0.05) is 0 Å². The first-order valence-electron chi connectivity index (χ1n) is 0.697. The van der Waals surface area contributed by atoms with Gasteiger partial charge in [0.05, 0.1) is 0 Å². The molecule has 0 aliphatic rings. The van der Waals surface area contributed by atoms with Crippen LogP contribution in [0.15, 0.2) is 0 Å². The third-order valence-corrected chi connectivity index (χ3v) is 0. The van der Waals surface area contributed by atoms with Crippen LogP contribution in [-0.4, -0.2) is 4.32 Å². The zero-order valence-corrected chi connectivity index (χ0v) is 5.65. The fourth-order valence-electron chi connectivity index (χ4n) is 0. The van der Waals surface area contributed by atoms with Crippen LogP contribution in [0.4, 0.5) is 0 Å². The third kappa shape index (κ3) is 100. The lowest BCUT2D eigenvalue weighted by Crippen LogP contribution is -1.99. The smallest absolute Gasteiger partial charge is 0.0708 e. The maximum Gasteiger partial charge on any atom is -0.0708 e. The molecule has 1 nitrogen and oxygen atoms in total. The SMILES string of the molecule is NC(=S)[S-].P. The molecule has 0 aromatic rings. The summed E-state index contributed by atoms with van der Waals surface area (Å²) in [6, 6.07) is 0. The molecule has 32 valence electrons. The van der Waals surface area contributed by atoms with Crippen molar-refractivity contribution in [3.8, 4) is 0 Å². The van der Waals surface area contributed by atoms with E-state index in [0.29, 0.717) is 0 Å². The highest BCUT2D eigenvalue weighted by Gasteiger charge is 1.35. The quantitative estimate of drug-likeness (QED) is 0.277. The summed E-state index contributed by atoms with van der Waals surface area (Å²) < 4.78 is 0.0833. The Bertz CT molecular complexity index is 32.6. The van der Waals surface area contributed by atoms with Crippen molar-refractivity contribution in [3.05, 3.63) is 0 Å². The number of hydrogen-bond acceptors (Lipinski definition) is 2. The Hall–Kier alpha value is 0.540. The van der Waals surface area contributed by atoms with Gasteiger partial charge in [-0.15, -0.1) is 0 Å². The summed E-state index contributed by atoms with van der Waals surface area (Å²) in [5, 5.41) is 0. The Labute approximate surface area is 45.3 Å². The van der Waals surface area contributed by atoms with E-state index in [4.69, 9.17) is 0 Å². The van der Waals surface area contributed by atoms with Gasteiger partial charge in [-0.25, -0.2) is 0 Å². The predicted octanol–water partition coefficient (Wildman–Crippen LogP) is -0.165. The normalized spacial score (nSPS) is 4.80. The molecule has 0 saturated heterocycles. The van der Waals surface area contributed by atoms with E-state index in [1.54, 1.807) is 0 Å². The van der Waals surface area contributed by atoms with Crippen LogP contribution in [0.25, 0.3) is 0 Å². The van der Waals surface area contributed by atoms with Crippen LogP contribution in [0.5, 0.6) is 0 Å². The zero-order valence-electron chi connectivity index (χ0n) is 2.60. The first kappa shape index (κ1) is 9.11. The maximum absolute atomic E-state index is 4.66. The summed E-state index contributed by atoms with van der Waals surface area (Å²) in [5.74, 6) is 0. The zero-order chi connectivity index (χ0) is 3.58. The summed E-state index contributed by atoms with van der Waals surface area (Å²) >= 11 is 8.26. The van der Waals surface area contributed by atoms with Crippen LogP contribution < -0.4 is 5.73 Å². The van der Waals surface area contributed by atoms with Gasteiger partial charge in [-0.2, -0.15) is 9.90 Å². The molecule has 0 aromatic heterocycles. The largest absolute Gasteiger partial charge is 0.415 e. The minimum absolute atomic E-state index is 0. The lowest BCUT2D eigenvalue weighted by molar-refractivity contribution is 1.91. The number of hydrogen-bond donors (Lipinski definition) is 1. The second-order valence-electron chi connectivity index (χ2n) is 0.319. The predicted molar refractivity (Wildman–Crippen MR) is 35.3 cm³/mol. The standard InChI is InChI=1S/CH3NS2.H3P/c2-1(3)4;/h(H3,2,3,4);1H3/p-1. The van der Waals surface area contributed by atoms with Gasteiger partial charge in [-0.05, 0) is 0 Å². The summed E-state index contributed by atoms with van der Waals surface area (Å²) in [6.45, 7) is 0. The molecular weight excluding hydrogens is 121 g/mol. The Balaban J connectivity index is 0. The van der Waals surface area contributed by atoms with E-state index in [1.165, 1.54) is 0 Å².